The van der Waals surface area contributed by atoms with Crippen molar-refractivity contribution in [3.05, 3.63) is 53.6 Å². The van der Waals surface area contributed by atoms with Gasteiger partial charge in [0.1, 0.15) is 11.6 Å². The summed E-state index contributed by atoms with van der Waals surface area (Å²) < 4.78 is 0. The smallest absolute Gasteiger partial charge is 0.128 e. The number of aromatic nitrogens is 1. The van der Waals surface area contributed by atoms with E-state index in [9.17, 15) is 0 Å². The maximum atomic E-state index is 4.41. The highest BCUT2D eigenvalue weighted by molar-refractivity contribution is 5.45. The normalized spacial score (nSPS) is 10.0. The van der Waals surface area contributed by atoms with E-state index in [1.54, 1.807) is 0 Å². The number of anilines is 2. The number of hydrogen-bond donors (Lipinski definition) is 2. The third kappa shape index (κ3) is 2.97. The molecule has 2 aromatic rings. The first-order valence-corrected chi connectivity index (χ1v) is 5.73. The van der Waals surface area contributed by atoms with E-state index < -0.39 is 0 Å². The van der Waals surface area contributed by atoms with Crippen LogP contribution in [0.25, 0.3) is 0 Å². The van der Waals surface area contributed by atoms with Crippen LogP contribution in [-0.4, -0.2) is 12.0 Å². The van der Waals surface area contributed by atoms with Crippen molar-refractivity contribution in [3.63, 3.8) is 0 Å². The molecule has 0 fully saturated rings. The molecule has 1 aromatic carbocycles. The van der Waals surface area contributed by atoms with E-state index in [0.29, 0.717) is 0 Å². The molecule has 0 spiro atoms. The first kappa shape index (κ1) is 11.5. The molecule has 0 atom stereocenters. The molecule has 0 aliphatic carbocycles. The van der Waals surface area contributed by atoms with Gasteiger partial charge in [0.25, 0.3) is 0 Å². The zero-order valence-corrected chi connectivity index (χ0v) is 10.2. The monoisotopic (exact) mass is 227 g/mol. The average Bonchev–Trinajstić information content (AvgIpc) is 2.38. The standard InChI is InChI=1S/C14H17N3/c1-11-6-3-4-7-12(11)10-16-14-9-5-8-13(15-2)17-14/h3-9H,10H2,1-2H3,(H2,15,16,17). The minimum Gasteiger partial charge on any atom is -0.373 e. The van der Waals surface area contributed by atoms with Crippen LogP contribution in [-0.2, 0) is 6.54 Å². The molecule has 0 bridgehead atoms. The molecule has 0 unspecified atom stereocenters. The van der Waals surface area contributed by atoms with Crippen LogP contribution >= 0.6 is 0 Å². The van der Waals surface area contributed by atoms with E-state index in [4.69, 9.17) is 0 Å². The number of nitrogens with one attached hydrogen (secondary N) is 2. The number of aryl methyl sites for hydroxylation is 1. The van der Waals surface area contributed by atoms with Crippen LogP contribution < -0.4 is 10.6 Å². The highest BCUT2D eigenvalue weighted by atomic mass is 15.0. The number of pyridine rings is 1. The first-order valence-electron chi connectivity index (χ1n) is 5.73. The quantitative estimate of drug-likeness (QED) is 0.843. The molecule has 0 saturated carbocycles. The second-order valence-corrected chi connectivity index (χ2v) is 3.94. The van der Waals surface area contributed by atoms with Gasteiger partial charge in [-0.05, 0) is 30.2 Å². The van der Waals surface area contributed by atoms with Crippen molar-refractivity contribution in [3.8, 4) is 0 Å². The lowest BCUT2D eigenvalue weighted by atomic mass is 10.1. The van der Waals surface area contributed by atoms with Crippen LogP contribution in [0, 0.1) is 6.92 Å². The molecule has 3 nitrogen and oxygen atoms in total. The Morgan fingerprint density at radius 2 is 1.76 bits per heavy atom. The zero-order chi connectivity index (χ0) is 12.1. The Bertz CT molecular complexity index is 494. The molecule has 17 heavy (non-hydrogen) atoms. The lowest BCUT2D eigenvalue weighted by molar-refractivity contribution is 1.09. The van der Waals surface area contributed by atoms with Gasteiger partial charge < -0.3 is 10.6 Å². The fourth-order valence-corrected chi connectivity index (χ4v) is 1.67. The molecule has 0 radical (unpaired) electrons. The molecule has 0 amide bonds. The Morgan fingerprint density at radius 3 is 2.53 bits per heavy atom. The molecule has 3 heteroatoms. The Kier molecular flexibility index (Phi) is 3.60. The van der Waals surface area contributed by atoms with Gasteiger partial charge in [0.05, 0.1) is 0 Å². The van der Waals surface area contributed by atoms with E-state index in [-0.39, 0.29) is 0 Å². The summed E-state index contributed by atoms with van der Waals surface area (Å²) in [6.45, 7) is 2.92. The third-order valence-corrected chi connectivity index (χ3v) is 2.73. The van der Waals surface area contributed by atoms with Gasteiger partial charge in [0.15, 0.2) is 0 Å². The van der Waals surface area contributed by atoms with E-state index in [2.05, 4.69) is 46.8 Å². The number of rotatable bonds is 4. The predicted octanol–water partition coefficient (Wildman–Crippen LogP) is 3.04. The summed E-state index contributed by atoms with van der Waals surface area (Å²) >= 11 is 0. The predicted molar refractivity (Wildman–Crippen MR) is 72.3 cm³/mol. The first-order chi connectivity index (χ1) is 8.29. The highest BCUT2D eigenvalue weighted by Gasteiger charge is 1.98. The fraction of sp³-hybridized carbons (Fsp3) is 0.214. The Morgan fingerprint density at radius 1 is 1.00 bits per heavy atom. The number of hydrogen-bond acceptors (Lipinski definition) is 3. The lowest BCUT2D eigenvalue weighted by Gasteiger charge is -2.09. The Labute approximate surface area is 102 Å². The second-order valence-electron chi connectivity index (χ2n) is 3.94. The maximum Gasteiger partial charge on any atom is 0.128 e. The Balaban J connectivity index is 2.05. The van der Waals surface area contributed by atoms with Crippen molar-refractivity contribution in [2.45, 2.75) is 13.5 Å². The van der Waals surface area contributed by atoms with Crippen molar-refractivity contribution in [1.82, 2.24) is 4.98 Å². The van der Waals surface area contributed by atoms with Gasteiger partial charge in [0.2, 0.25) is 0 Å². The molecule has 0 aliphatic rings. The van der Waals surface area contributed by atoms with Crippen molar-refractivity contribution in [1.29, 1.82) is 0 Å². The fourth-order valence-electron chi connectivity index (χ4n) is 1.67. The van der Waals surface area contributed by atoms with Crippen molar-refractivity contribution in [2.75, 3.05) is 17.7 Å². The molecular formula is C14H17N3. The number of benzene rings is 1. The molecule has 2 rings (SSSR count). The van der Waals surface area contributed by atoms with Gasteiger partial charge in [0, 0.05) is 13.6 Å². The SMILES string of the molecule is CNc1cccc(NCc2ccccc2C)n1. The van der Waals surface area contributed by atoms with Gasteiger partial charge in [-0.25, -0.2) is 4.98 Å². The molecule has 88 valence electrons. The van der Waals surface area contributed by atoms with Crippen molar-refractivity contribution >= 4 is 11.6 Å². The van der Waals surface area contributed by atoms with Crippen LogP contribution in [0.5, 0.6) is 0 Å². The van der Waals surface area contributed by atoms with Gasteiger partial charge in [-0.2, -0.15) is 0 Å². The maximum absolute atomic E-state index is 4.41. The summed E-state index contributed by atoms with van der Waals surface area (Å²) in [5.41, 5.74) is 2.59. The van der Waals surface area contributed by atoms with E-state index in [1.165, 1.54) is 11.1 Å². The molecular weight excluding hydrogens is 210 g/mol. The Hall–Kier alpha value is -2.03. The summed E-state index contributed by atoms with van der Waals surface area (Å²) in [6.07, 6.45) is 0. The molecule has 1 heterocycles. The van der Waals surface area contributed by atoms with Crippen LogP contribution in [0.4, 0.5) is 11.6 Å². The van der Waals surface area contributed by atoms with Gasteiger partial charge >= 0.3 is 0 Å². The van der Waals surface area contributed by atoms with Crippen LogP contribution in [0.3, 0.4) is 0 Å². The van der Waals surface area contributed by atoms with Gasteiger partial charge in [-0.15, -0.1) is 0 Å². The van der Waals surface area contributed by atoms with Crippen molar-refractivity contribution in [2.24, 2.45) is 0 Å². The lowest BCUT2D eigenvalue weighted by Crippen LogP contribution is -2.03. The summed E-state index contributed by atoms with van der Waals surface area (Å²) in [4.78, 5) is 4.41. The van der Waals surface area contributed by atoms with E-state index in [0.717, 1.165) is 18.2 Å². The third-order valence-electron chi connectivity index (χ3n) is 2.73. The van der Waals surface area contributed by atoms with Gasteiger partial charge in [-0.1, -0.05) is 30.3 Å². The van der Waals surface area contributed by atoms with Crippen molar-refractivity contribution < 1.29 is 0 Å². The average molecular weight is 227 g/mol. The number of nitrogens with zero attached hydrogens (tertiary/aromatic N) is 1. The minimum absolute atomic E-state index is 0.798. The van der Waals surface area contributed by atoms with E-state index >= 15 is 0 Å². The highest BCUT2D eigenvalue weighted by Crippen LogP contribution is 2.12. The van der Waals surface area contributed by atoms with Gasteiger partial charge in [-0.3, -0.25) is 0 Å². The van der Waals surface area contributed by atoms with Crippen LogP contribution in [0.2, 0.25) is 0 Å². The zero-order valence-electron chi connectivity index (χ0n) is 10.2. The summed E-state index contributed by atoms with van der Waals surface area (Å²) in [6, 6.07) is 14.3. The summed E-state index contributed by atoms with van der Waals surface area (Å²) in [5, 5.41) is 6.35. The minimum atomic E-state index is 0.798. The molecule has 0 aliphatic heterocycles. The topological polar surface area (TPSA) is 37.0 Å². The van der Waals surface area contributed by atoms with Crippen LogP contribution in [0.1, 0.15) is 11.1 Å². The summed E-state index contributed by atoms with van der Waals surface area (Å²) in [7, 11) is 1.87. The molecule has 0 saturated heterocycles. The second kappa shape index (κ2) is 5.34. The summed E-state index contributed by atoms with van der Waals surface area (Å²) in [5.74, 6) is 1.76. The largest absolute Gasteiger partial charge is 0.373 e. The molecule has 1 aromatic heterocycles. The molecule has 2 N–H and O–H groups in total. The van der Waals surface area contributed by atoms with Crippen LogP contribution in [0.15, 0.2) is 42.5 Å². The van der Waals surface area contributed by atoms with E-state index in [1.807, 2.05) is 25.2 Å².